The number of rotatable bonds is 5. The van der Waals surface area contributed by atoms with E-state index < -0.39 is 0 Å². The van der Waals surface area contributed by atoms with Crippen molar-refractivity contribution >= 4 is 45.0 Å². The van der Waals surface area contributed by atoms with Crippen molar-refractivity contribution in [2.24, 2.45) is 0 Å². The second-order valence-electron chi connectivity index (χ2n) is 11.6. The Labute approximate surface area is 274 Å². The predicted molar refractivity (Wildman–Crippen MR) is 192 cm³/mol. The van der Waals surface area contributed by atoms with Gasteiger partial charge in [-0.3, -0.25) is 0 Å². The van der Waals surface area contributed by atoms with E-state index in [0.29, 0.717) is 5.56 Å². The lowest BCUT2D eigenvalue weighted by atomic mass is 9.94. The molecule has 1 aliphatic rings. The fraction of sp³-hybridized carbons (Fsp3) is 0.0476. The normalized spacial score (nSPS) is 11.9. The van der Waals surface area contributed by atoms with Gasteiger partial charge in [0, 0.05) is 16.6 Å². The van der Waals surface area contributed by atoms with Crippen LogP contribution in [-0.4, -0.2) is 12.1 Å². The SMILES string of the molecule is COc1ccc(-c2cc(-c3ccc(C#N)cc3)nc3c(N4c5ccccc5N(c5ccccc5)c5ccccc54)ccc(C)c23)cc1. The first kappa shape index (κ1) is 28.1. The zero-order chi connectivity index (χ0) is 31.9. The molecule has 0 unspecified atom stereocenters. The van der Waals surface area contributed by atoms with Crippen molar-refractivity contribution in [2.75, 3.05) is 16.9 Å². The number of fused-ring (bicyclic) bond motifs is 3. The molecule has 5 heteroatoms. The van der Waals surface area contributed by atoms with Gasteiger partial charge in [-0.2, -0.15) is 5.26 Å². The van der Waals surface area contributed by atoms with Crippen LogP contribution in [0, 0.1) is 18.3 Å². The molecule has 6 aromatic carbocycles. The summed E-state index contributed by atoms with van der Waals surface area (Å²) in [6.45, 7) is 2.15. The molecule has 1 aliphatic heterocycles. The highest BCUT2D eigenvalue weighted by molar-refractivity contribution is 6.10. The molecule has 0 atom stereocenters. The molecule has 1 aromatic heterocycles. The van der Waals surface area contributed by atoms with E-state index >= 15 is 0 Å². The number of nitriles is 1. The summed E-state index contributed by atoms with van der Waals surface area (Å²) in [5.41, 5.74) is 13.0. The number of nitrogens with zero attached hydrogens (tertiary/aromatic N) is 4. The number of anilines is 6. The number of benzene rings is 6. The molecule has 0 bridgehead atoms. The van der Waals surface area contributed by atoms with Crippen LogP contribution in [-0.2, 0) is 0 Å². The van der Waals surface area contributed by atoms with Crippen LogP contribution in [0.5, 0.6) is 5.75 Å². The molecule has 5 nitrogen and oxygen atoms in total. The molecule has 0 fully saturated rings. The van der Waals surface area contributed by atoms with Crippen LogP contribution in [0.25, 0.3) is 33.3 Å². The molecule has 0 saturated carbocycles. The van der Waals surface area contributed by atoms with Gasteiger partial charge in [0.1, 0.15) is 5.75 Å². The third-order valence-electron chi connectivity index (χ3n) is 8.84. The van der Waals surface area contributed by atoms with E-state index in [0.717, 1.165) is 78.7 Å². The maximum Gasteiger partial charge on any atom is 0.118 e. The van der Waals surface area contributed by atoms with Gasteiger partial charge >= 0.3 is 0 Å². The summed E-state index contributed by atoms with van der Waals surface area (Å²) in [6, 6.07) is 52.2. The maximum atomic E-state index is 9.45. The molecular weight excluding hydrogens is 576 g/mol. The van der Waals surface area contributed by atoms with Crippen LogP contribution < -0.4 is 14.5 Å². The van der Waals surface area contributed by atoms with Crippen LogP contribution in [0.15, 0.2) is 146 Å². The lowest BCUT2D eigenvalue weighted by molar-refractivity contribution is 0.415. The number of pyridine rings is 1. The topological polar surface area (TPSA) is 52.4 Å². The lowest BCUT2D eigenvalue weighted by Crippen LogP contribution is -2.24. The zero-order valence-electron chi connectivity index (χ0n) is 26.1. The summed E-state index contributed by atoms with van der Waals surface area (Å²) < 4.78 is 5.49. The third-order valence-corrected chi connectivity index (χ3v) is 8.84. The minimum atomic E-state index is 0.617. The summed E-state index contributed by atoms with van der Waals surface area (Å²) >= 11 is 0. The van der Waals surface area contributed by atoms with Crippen molar-refractivity contribution in [1.29, 1.82) is 5.26 Å². The Balaban J connectivity index is 1.43. The quantitative estimate of drug-likeness (QED) is 0.195. The van der Waals surface area contributed by atoms with Crippen molar-refractivity contribution in [2.45, 2.75) is 6.92 Å². The molecule has 0 amide bonds. The Morgan fingerprint density at radius 3 is 1.77 bits per heavy atom. The fourth-order valence-electron chi connectivity index (χ4n) is 6.60. The Hall–Kier alpha value is -6.38. The number of hydrogen-bond donors (Lipinski definition) is 0. The Bertz CT molecular complexity index is 2260. The second-order valence-corrected chi connectivity index (χ2v) is 11.6. The molecule has 47 heavy (non-hydrogen) atoms. The van der Waals surface area contributed by atoms with E-state index in [4.69, 9.17) is 9.72 Å². The maximum absolute atomic E-state index is 9.45. The highest BCUT2D eigenvalue weighted by atomic mass is 16.5. The van der Waals surface area contributed by atoms with Crippen LogP contribution in [0.2, 0.25) is 0 Å². The van der Waals surface area contributed by atoms with E-state index in [1.54, 1.807) is 7.11 Å². The summed E-state index contributed by atoms with van der Waals surface area (Å²) in [4.78, 5) is 10.1. The number of aromatic nitrogens is 1. The van der Waals surface area contributed by atoms with Gasteiger partial charge in [0.2, 0.25) is 0 Å². The first-order valence-electron chi connectivity index (χ1n) is 15.6. The van der Waals surface area contributed by atoms with E-state index in [2.05, 4.69) is 126 Å². The number of ether oxygens (including phenoxy) is 1. The van der Waals surface area contributed by atoms with Gasteiger partial charge in [0.05, 0.1) is 58.4 Å². The minimum Gasteiger partial charge on any atom is -0.497 e. The molecule has 0 aliphatic carbocycles. The van der Waals surface area contributed by atoms with E-state index in [1.807, 2.05) is 42.5 Å². The van der Waals surface area contributed by atoms with Gasteiger partial charge in [0.25, 0.3) is 0 Å². The summed E-state index contributed by atoms with van der Waals surface area (Å²) in [6.07, 6.45) is 0. The van der Waals surface area contributed by atoms with E-state index in [1.165, 1.54) is 0 Å². The highest BCUT2D eigenvalue weighted by Gasteiger charge is 2.31. The first-order valence-corrected chi connectivity index (χ1v) is 15.6. The number of methoxy groups -OCH3 is 1. The molecule has 2 heterocycles. The summed E-state index contributed by atoms with van der Waals surface area (Å²) in [5.74, 6) is 0.807. The summed E-state index contributed by atoms with van der Waals surface area (Å²) in [7, 11) is 1.68. The van der Waals surface area contributed by atoms with Crippen LogP contribution in [0.1, 0.15) is 11.1 Å². The van der Waals surface area contributed by atoms with Crippen molar-refractivity contribution < 1.29 is 4.74 Å². The number of hydrogen-bond acceptors (Lipinski definition) is 5. The van der Waals surface area contributed by atoms with Gasteiger partial charge in [-0.1, -0.05) is 72.8 Å². The third kappa shape index (κ3) is 4.75. The monoisotopic (exact) mass is 606 g/mol. The molecule has 0 saturated heterocycles. The molecule has 8 rings (SSSR count). The Kier molecular flexibility index (Phi) is 6.89. The van der Waals surface area contributed by atoms with Crippen LogP contribution in [0.4, 0.5) is 34.1 Å². The van der Waals surface area contributed by atoms with Crippen molar-refractivity contribution in [3.8, 4) is 34.2 Å². The lowest BCUT2D eigenvalue weighted by Gasteiger charge is -2.40. The van der Waals surface area contributed by atoms with Gasteiger partial charge in [0.15, 0.2) is 0 Å². The summed E-state index contributed by atoms with van der Waals surface area (Å²) in [5, 5.41) is 10.5. The standard InChI is InChI=1S/C42H30N4O/c1-28-16-25-40(46-38-14-8-6-12-36(38)45(32-10-4-3-5-11-32)37-13-7-9-15-39(37)46)42-41(28)34(30-21-23-33(47-2)24-22-30)26-35(44-42)31-19-17-29(27-43)18-20-31/h3-26H,1-2H3. The smallest absolute Gasteiger partial charge is 0.118 e. The number of para-hydroxylation sites is 5. The average Bonchev–Trinajstić information content (AvgIpc) is 3.14. The second kappa shape index (κ2) is 11.5. The predicted octanol–water partition coefficient (Wildman–Crippen LogP) is 11.0. The Morgan fingerprint density at radius 1 is 0.596 bits per heavy atom. The van der Waals surface area contributed by atoms with Gasteiger partial charge in [-0.05, 0) is 96.4 Å². The minimum absolute atomic E-state index is 0.617. The molecule has 0 spiro atoms. The average molecular weight is 607 g/mol. The molecule has 0 radical (unpaired) electrons. The van der Waals surface area contributed by atoms with E-state index in [-0.39, 0.29) is 0 Å². The van der Waals surface area contributed by atoms with Crippen LogP contribution >= 0.6 is 0 Å². The largest absolute Gasteiger partial charge is 0.497 e. The fourth-order valence-corrected chi connectivity index (χ4v) is 6.60. The Morgan fingerprint density at radius 2 is 1.17 bits per heavy atom. The van der Waals surface area contributed by atoms with Crippen molar-refractivity contribution in [3.63, 3.8) is 0 Å². The van der Waals surface area contributed by atoms with Gasteiger partial charge < -0.3 is 14.5 Å². The van der Waals surface area contributed by atoms with Gasteiger partial charge in [-0.25, -0.2) is 4.98 Å². The van der Waals surface area contributed by atoms with Crippen LogP contribution in [0.3, 0.4) is 0 Å². The molecule has 7 aromatic rings. The van der Waals surface area contributed by atoms with E-state index in [9.17, 15) is 5.26 Å². The van der Waals surface area contributed by atoms with Crippen molar-refractivity contribution in [3.05, 3.63) is 157 Å². The molecule has 224 valence electrons. The zero-order valence-corrected chi connectivity index (χ0v) is 26.1. The molecule has 0 N–H and O–H groups in total. The van der Waals surface area contributed by atoms with Crippen molar-refractivity contribution in [1.82, 2.24) is 4.98 Å². The first-order chi connectivity index (χ1) is 23.1. The van der Waals surface area contributed by atoms with Gasteiger partial charge in [-0.15, -0.1) is 0 Å². The molecular formula is C42H30N4O. The number of aryl methyl sites for hydroxylation is 1. The highest BCUT2D eigenvalue weighted by Crippen LogP contribution is 2.55.